The monoisotopic (exact) mass is 362 g/mol. The fraction of sp³-hybridized carbons (Fsp3) is 0.280. The molecule has 0 aliphatic heterocycles. The fourth-order valence-electron chi connectivity index (χ4n) is 2.84. The Morgan fingerprint density at radius 3 is 0.926 bits per heavy atom. The molecule has 0 bridgehead atoms. The Bertz CT molecular complexity index is 642. The van der Waals surface area contributed by atoms with Crippen molar-refractivity contribution in [2.75, 3.05) is 28.2 Å². The molecule has 0 spiro atoms. The summed E-state index contributed by atoms with van der Waals surface area (Å²) in [7, 11) is 8.50. The topological polar surface area (TPSA) is 4.44 Å². The highest BCUT2D eigenvalue weighted by Crippen LogP contribution is 2.01. The van der Waals surface area contributed by atoms with Gasteiger partial charge in [-0.15, -0.1) is 0 Å². The summed E-state index contributed by atoms with van der Waals surface area (Å²) in [6.45, 7) is 3.14. The van der Waals surface area contributed by atoms with Crippen molar-refractivity contribution in [2.24, 2.45) is 0 Å². The molecule has 27 heavy (non-hydrogen) atoms. The summed E-state index contributed by atoms with van der Waals surface area (Å²) in [4.78, 5) is 1.56. The maximum atomic E-state index is 2.22. The zero-order chi connectivity index (χ0) is 19.5. The van der Waals surface area contributed by atoms with Gasteiger partial charge >= 0.3 is 0 Å². The standard InChI is InChI=1S/C21H21N.C4H12N/c1-4-10-19(11-5-1)16-22(17-20-12-6-2-7-13-20)18-21-14-8-3-9-15-21;1-5(2,3)4/h1-15H,16-18H2;1-4H3/q;+1/p+1. The van der Waals surface area contributed by atoms with Crippen molar-refractivity contribution in [3.05, 3.63) is 108 Å². The first-order chi connectivity index (χ1) is 12.9. The second-order valence-corrected chi connectivity index (χ2v) is 8.42. The van der Waals surface area contributed by atoms with E-state index in [1.807, 2.05) is 0 Å². The fourth-order valence-corrected chi connectivity index (χ4v) is 2.84. The number of nitrogens with zero attached hydrogens (tertiary/aromatic N) is 1. The highest BCUT2D eigenvalue weighted by molar-refractivity contribution is 5.16. The summed E-state index contributed by atoms with van der Waals surface area (Å²) in [6.07, 6.45) is 0. The molecular formula is C25H34N2+2. The summed E-state index contributed by atoms with van der Waals surface area (Å²) in [5, 5.41) is 0. The van der Waals surface area contributed by atoms with Gasteiger partial charge in [-0.2, -0.15) is 0 Å². The zero-order valence-electron chi connectivity index (χ0n) is 17.2. The van der Waals surface area contributed by atoms with E-state index in [1.54, 1.807) is 4.90 Å². The van der Waals surface area contributed by atoms with Crippen LogP contribution in [0.5, 0.6) is 0 Å². The largest absolute Gasteiger partial charge is 0.333 e. The molecule has 0 atom stereocenters. The minimum absolute atomic E-state index is 1.00. The van der Waals surface area contributed by atoms with E-state index < -0.39 is 0 Å². The van der Waals surface area contributed by atoms with E-state index in [2.05, 4.69) is 119 Å². The average Bonchev–Trinajstić information content (AvgIpc) is 2.63. The lowest BCUT2D eigenvalue weighted by Gasteiger charge is -2.20. The second-order valence-electron chi connectivity index (χ2n) is 8.42. The van der Waals surface area contributed by atoms with Gasteiger partial charge in [-0.1, -0.05) is 91.0 Å². The molecule has 0 radical (unpaired) electrons. The van der Waals surface area contributed by atoms with Crippen LogP contribution in [0, 0.1) is 0 Å². The molecule has 2 heteroatoms. The van der Waals surface area contributed by atoms with Crippen molar-refractivity contribution in [2.45, 2.75) is 19.6 Å². The van der Waals surface area contributed by atoms with Gasteiger partial charge in [-0.3, -0.25) is 0 Å². The van der Waals surface area contributed by atoms with E-state index in [-0.39, 0.29) is 0 Å². The van der Waals surface area contributed by atoms with Crippen molar-refractivity contribution in [3.8, 4) is 0 Å². The number of quaternary nitrogens is 2. The van der Waals surface area contributed by atoms with Gasteiger partial charge in [0.05, 0.1) is 28.2 Å². The second kappa shape index (κ2) is 10.7. The number of benzene rings is 3. The maximum Gasteiger partial charge on any atom is 0.103 e. The Morgan fingerprint density at radius 2 is 0.704 bits per heavy atom. The zero-order valence-corrected chi connectivity index (χ0v) is 17.2. The van der Waals surface area contributed by atoms with Crippen LogP contribution in [0.25, 0.3) is 0 Å². The van der Waals surface area contributed by atoms with Crippen LogP contribution in [0.15, 0.2) is 91.0 Å². The minimum atomic E-state index is 1.00. The van der Waals surface area contributed by atoms with Gasteiger partial charge in [-0.05, 0) is 0 Å². The molecule has 0 saturated heterocycles. The summed E-state index contributed by atoms with van der Waals surface area (Å²) in [6, 6.07) is 32.3. The molecule has 2 nitrogen and oxygen atoms in total. The third kappa shape index (κ3) is 9.74. The molecule has 0 aromatic heterocycles. The molecule has 0 heterocycles. The molecule has 0 aliphatic rings. The molecule has 1 N–H and O–H groups in total. The van der Waals surface area contributed by atoms with Crippen molar-refractivity contribution >= 4 is 0 Å². The van der Waals surface area contributed by atoms with E-state index in [9.17, 15) is 0 Å². The normalized spacial score (nSPS) is 11.0. The summed E-state index contributed by atoms with van der Waals surface area (Å²) >= 11 is 0. The maximum absolute atomic E-state index is 2.22. The van der Waals surface area contributed by atoms with Crippen molar-refractivity contribution in [1.29, 1.82) is 0 Å². The highest BCUT2D eigenvalue weighted by atomic mass is 15.2. The summed E-state index contributed by atoms with van der Waals surface area (Å²) in [5.74, 6) is 0. The van der Waals surface area contributed by atoms with E-state index in [0.29, 0.717) is 0 Å². The molecule has 0 saturated carbocycles. The van der Waals surface area contributed by atoms with E-state index in [0.717, 1.165) is 24.1 Å². The third-order valence-electron chi connectivity index (χ3n) is 3.89. The predicted molar refractivity (Wildman–Crippen MR) is 115 cm³/mol. The molecular weight excluding hydrogens is 328 g/mol. The van der Waals surface area contributed by atoms with Crippen LogP contribution in [-0.4, -0.2) is 32.7 Å². The van der Waals surface area contributed by atoms with Crippen LogP contribution in [0.4, 0.5) is 0 Å². The summed E-state index contributed by atoms with van der Waals surface area (Å²) in [5.41, 5.74) is 4.18. The van der Waals surface area contributed by atoms with E-state index >= 15 is 0 Å². The van der Waals surface area contributed by atoms with Gasteiger partial charge in [0.1, 0.15) is 19.6 Å². The number of nitrogens with one attached hydrogen (secondary N) is 1. The molecule has 0 fully saturated rings. The molecule has 142 valence electrons. The lowest BCUT2D eigenvalue weighted by molar-refractivity contribution is -0.941. The first kappa shape index (κ1) is 20.9. The minimum Gasteiger partial charge on any atom is -0.333 e. The van der Waals surface area contributed by atoms with Gasteiger partial charge in [0, 0.05) is 16.7 Å². The third-order valence-corrected chi connectivity index (χ3v) is 3.89. The molecule has 0 amide bonds. The Morgan fingerprint density at radius 1 is 0.481 bits per heavy atom. The van der Waals surface area contributed by atoms with Crippen LogP contribution in [-0.2, 0) is 19.6 Å². The van der Waals surface area contributed by atoms with E-state index in [1.165, 1.54) is 16.7 Å². The predicted octanol–water partition coefficient (Wildman–Crippen LogP) is 3.79. The number of hydrogen-bond donors (Lipinski definition) is 1. The van der Waals surface area contributed by atoms with Gasteiger partial charge in [0.25, 0.3) is 0 Å². The molecule has 3 rings (SSSR count). The Balaban J connectivity index is 0.000000465. The van der Waals surface area contributed by atoms with Crippen molar-refractivity contribution < 1.29 is 9.38 Å². The lowest BCUT2D eigenvalue weighted by atomic mass is 10.1. The van der Waals surface area contributed by atoms with Gasteiger partial charge in [0.15, 0.2) is 0 Å². The molecule has 3 aromatic rings. The lowest BCUT2D eigenvalue weighted by Crippen LogP contribution is -3.08. The van der Waals surface area contributed by atoms with Gasteiger partial charge in [0.2, 0.25) is 0 Å². The molecule has 0 unspecified atom stereocenters. The van der Waals surface area contributed by atoms with Gasteiger partial charge < -0.3 is 9.38 Å². The number of hydrogen-bond acceptors (Lipinski definition) is 0. The molecule has 0 aliphatic carbocycles. The highest BCUT2D eigenvalue weighted by Gasteiger charge is 2.11. The smallest absolute Gasteiger partial charge is 0.103 e. The Hall–Kier alpha value is -2.42. The first-order valence-corrected chi connectivity index (χ1v) is 9.64. The van der Waals surface area contributed by atoms with Crippen LogP contribution in [0.1, 0.15) is 16.7 Å². The average molecular weight is 363 g/mol. The SMILES string of the molecule is C[N+](C)(C)C.c1ccc(C[NH+](Cc2ccccc2)Cc2ccccc2)cc1. The Labute approximate surface area is 165 Å². The van der Waals surface area contributed by atoms with Crippen LogP contribution in [0.2, 0.25) is 0 Å². The van der Waals surface area contributed by atoms with Crippen molar-refractivity contribution in [1.82, 2.24) is 0 Å². The van der Waals surface area contributed by atoms with Crippen molar-refractivity contribution in [3.63, 3.8) is 0 Å². The van der Waals surface area contributed by atoms with Gasteiger partial charge in [-0.25, -0.2) is 0 Å². The first-order valence-electron chi connectivity index (χ1n) is 9.64. The summed E-state index contributed by atoms with van der Waals surface area (Å²) < 4.78 is 1.00. The van der Waals surface area contributed by atoms with E-state index in [4.69, 9.17) is 0 Å². The molecule has 3 aromatic carbocycles. The Kier molecular flexibility index (Phi) is 8.25. The van der Waals surface area contributed by atoms with Crippen LogP contribution >= 0.6 is 0 Å². The van der Waals surface area contributed by atoms with Crippen LogP contribution in [0.3, 0.4) is 0 Å². The van der Waals surface area contributed by atoms with Crippen LogP contribution < -0.4 is 4.90 Å². The quantitative estimate of drug-likeness (QED) is 0.636. The number of rotatable bonds is 6.